The fraction of sp³-hybridized carbons (Fsp3) is 0.378. The van der Waals surface area contributed by atoms with Crippen LogP contribution in [0.5, 0.6) is 5.75 Å². The summed E-state index contributed by atoms with van der Waals surface area (Å²) in [5, 5.41) is 15.3. The maximum atomic E-state index is 15.5. The van der Waals surface area contributed by atoms with E-state index in [1.54, 1.807) is 0 Å². The highest BCUT2D eigenvalue weighted by molar-refractivity contribution is 6.35. The van der Waals surface area contributed by atoms with Gasteiger partial charge >= 0.3 is 0 Å². The highest BCUT2D eigenvalue weighted by Gasteiger charge is 2.38. The van der Waals surface area contributed by atoms with Crippen molar-refractivity contribution in [3.63, 3.8) is 0 Å². The van der Waals surface area contributed by atoms with Crippen LogP contribution in [-0.4, -0.2) is 77.7 Å². The second-order valence-electron chi connectivity index (χ2n) is 16.1. The van der Waals surface area contributed by atoms with Gasteiger partial charge in [0.15, 0.2) is 5.82 Å². The number of benzene rings is 3. The number of nitrogens with zero attached hydrogens (tertiary/aromatic N) is 8. The lowest BCUT2D eigenvalue weighted by Gasteiger charge is -2.34. The summed E-state index contributed by atoms with van der Waals surface area (Å²) in [5.41, 5.74) is 11.4. The van der Waals surface area contributed by atoms with Crippen LogP contribution >= 0.6 is 23.2 Å². The topological polar surface area (TPSA) is 102 Å². The number of hydrogen-bond donors (Lipinski definition) is 1. The van der Waals surface area contributed by atoms with Crippen molar-refractivity contribution < 1.29 is 9.53 Å². The lowest BCUT2D eigenvalue weighted by atomic mass is 9.98. The molecule has 1 atom stereocenters. The Hall–Kier alpha value is -5.10. The van der Waals surface area contributed by atoms with Crippen LogP contribution in [0.3, 0.4) is 0 Å². The zero-order valence-corrected chi connectivity index (χ0v) is 35.5. The number of halogens is 2. The third kappa shape index (κ3) is 6.57. The fourth-order valence-corrected chi connectivity index (χ4v) is 9.72. The second kappa shape index (κ2) is 15.3. The largest absolute Gasteiger partial charge is 0.494 e. The minimum atomic E-state index is -0.0739. The van der Waals surface area contributed by atoms with Crippen LogP contribution in [0.25, 0.3) is 44.3 Å². The average Bonchev–Trinajstić information content (AvgIpc) is 4.05. The summed E-state index contributed by atoms with van der Waals surface area (Å²) in [6.45, 7) is 15.3. The molecule has 1 fully saturated rings. The number of nitrogens with one attached hydrogen (secondary N) is 1. The normalized spacial score (nSPS) is 16.0. The number of ether oxygens (including phenoxy) is 1. The Bertz CT molecular complexity index is 2680. The van der Waals surface area contributed by atoms with Gasteiger partial charge in [0, 0.05) is 77.1 Å². The molecule has 6 heterocycles. The summed E-state index contributed by atoms with van der Waals surface area (Å²) < 4.78 is 12.8. The van der Waals surface area contributed by atoms with E-state index >= 15 is 4.79 Å². The molecule has 0 radical (unpaired) electrons. The summed E-state index contributed by atoms with van der Waals surface area (Å²) >= 11 is 13.7. The van der Waals surface area contributed by atoms with Gasteiger partial charge in [-0.15, -0.1) is 0 Å². The van der Waals surface area contributed by atoms with Crippen molar-refractivity contribution in [2.45, 2.75) is 72.9 Å². The van der Waals surface area contributed by atoms with E-state index in [9.17, 15) is 0 Å². The molecule has 2 aliphatic rings. The molecule has 7 aromatic rings. The SMILES string of the molecule is Cc1cc(OCCCc2c3n(c4c(-c5c(C)nn(C)c5C)c(Cl)ccc24)[C@H](C)CN(c2cn(CCN4CCCC4)c4ccc(-c5ncn[nH]5)cc24)C3=O)cc(C)c1Cl. The molecule has 0 bridgehead atoms. The van der Waals surface area contributed by atoms with Gasteiger partial charge in [0.05, 0.1) is 34.0 Å². The van der Waals surface area contributed by atoms with Crippen LogP contribution < -0.4 is 9.64 Å². The predicted octanol–water partition coefficient (Wildman–Crippen LogP) is 9.65. The molecule has 58 heavy (non-hydrogen) atoms. The number of aromatic amines is 1. The van der Waals surface area contributed by atoms with Crippen molar-refractivity contribution in [1.29, 1.82) is 0 Å². The van der Waals surface area contributed by atoms with Crippen molar-refractivity contribution in [2.75, 3.05) is 37.7 Å². The van der Waals surface area contributed by atoms with Gasteiger partial charge in [-0.1, -0.05) is 29.3 Å². The first-order chi connectivity index (χ1) is 28.0. The summed E-state index contributed by atoms with van der Waals surface area (Å²) in [5.74, 6) is 1.45. The molecule has 13 heteroatoms. The Kier molecular flexibility index (Phi) is 10.1. The Balaban J connectivity index is 1.17. The Morgan fingerprint density at radius 1 is 0.948 bits per heavy atom. The zero-order valence-electron chi connectivity index (χ0n) is 34.0. The van der Waals surface area contributed by atoms with Crippen molar-refractivity contribution in [2.24, 2.45) is 7.05 Å². The average molecular weight is 819 g/mol. The van der Waals surface area contributed by atoms with Crippen molar-refractivity contribution in [3.05, 3.63) is 98.8 Å². The third-order valence-electron chi connectivity index (χ3n) is 12.3. The van der Waals surface area contributed by atoms with Crippen molar-refractivity contribution in [3.8, 4) is 28.3 Å². The molecule has 0 aliphatic carbocycles. The number of carbonyl (C=O) groups is 1. The minimum absolute atomic E-state index is 0.0282. The van der Waals surface area contributed by atoms with E-state index in [1.165, 1.54) is 19.2 Å². The van der Waals surface area contributed by atoms with E-state index in [1.807, 2.05) is 55.6 Å². The summed E-state index contributed by atoms with van der Waals surface area (Å²) in [4.78, 5) is 24.5. The number of aromatic nitrogens is 7. The van der Waals surface area contributed by atoms with Crippen LogP contribution in [0.4, 0.5) is 5.69 Å². The molecule has 2 aliphatic heterocycles. The third-order valence-corrected chi connectivity index (χ3v) is 13.2. The summed E-state index contributed by atoms with van der Waals surface area (Å²) in [6.07, 6.45) is 7.53. The van der Waals surface area contributed by atoms with Gasteiger partial charge in [-0.25, -0.2) is 4.98 Å². The molecular formula is C45H49Cl2N9O2. The second-order valence-corrected chi connectivity index (χ2v) is 16.9. The lowest BCUT2D eigenvalue weighted by molar-refractivity contribution is 0.0957. The number of anilines is 1. The van der Waals surface area contributed by atoms with E-state index in [2.05, 4.69) is 73.5 Å². The van der Waals surface area contributed by atoms with Gasteiger partial charge in [0.25, 0.3) is 5.91 Å². The van der Waals surface area contributed by atoms with Gasteiger partial charge in [-0.3, -0.25) is 14.6 Å². The molecule has 0 spiro atoms. The van der Waals surface area contributed by atoms with Crippen molar-refractivity contribution in [1.82, 2.24) is 39.0 Å². The van der Waals surface area contributed by atoms with E-state index < -0.39 is 0 Å². The van der Waals surface area contributed by atoms with Gasteiger partial charge < -0.3 is 23.7 Å². The number of fused-ring (bicyclic) bond motifs is 4. The number of carbonyl (C=O) groups excluding carboxylic acids is 1. The maximum Gasteiger partial charge on any atom is 0.275 e. The molecule has 3 aromatic carbocycles. The monoisotopic (exact) mass is 817 g/mol. The molecule has 0 unspecified atom stereocenters. The van der Waals surface area contributed by atoms with Crippen LogP contribution in [-0.2, 0) is 20.0 Å². The van der Waals surface area contributed by atoms with Crippen LogP contribution in [0.2, 0.25) is 10.0 Å². The van der Waals surface area contributed by atoms with Gasteiger partial charge in [0.1, 0.15) is 17.8 Å². The molecule has 1 saturated heterocycles. The highest BCUT2D eigenvalue weighted by atomic mass is 35.5. The fourth-order valence-electron chi connectivity index (χ4n) is 9.36. The highest BCUT2D eigenvalue weighted by Crippen LogP contribution is 2.46. The standard InChI is InChI=1S/C45H49Cl2N9O2/c1-26-20-32(21-27(2)41(26)47)58-19-9-10-33-34-12-13-36(46)40(39-29(4)51-52(6)30(39)5)42(34)56-28(3)23-55(45(57)43(33)56)38-24-54(18-17-53-15-7-8-16-53)37-14-11-31(22-35(37)38)44-48-25-49-50-44/h11-14,20-22,24-25,28H,7-10,15-19,23H2,1-6H3,(H,48,49,50)/t28-/m1/s1. The van der Waals surface area contributed by atoms with Gasteiger partial charge in [-0.05, 0) is 126 Å². The molecule has 1 amide bonds. The Morgan fingerprint density at radius 3 is 2.43 bits per heavy atom. The predicted molar refractivity (Wildman–Crippen MR) is 233 cm³/mol. The molecule has 4 aromatic heterocycles. The van der Waals surface area contributed by atoms with E-state index in [-0.39, 0.29) is 11.9 Å². The van der Waals surface area contributed by atoms with Gasteiger partial charge in [0.2, 0.25) is 0 Å². The molecular weight excluding hydrogens is 769 g/mol. The quantitative estimate of drug-likeness (QED) is 0.131. The number of H-pyrrole nitrogens is 1. The molecule has 300 valence electrons. The lowest BCUT2D eigenvalue weighted by Crippen LogP contribution is -2.42. The van der Waals surface area contributed by atoms with Crippen LogP contribution in [0.15, 0.2) is 55.0 Å². The summed E-state index contributed by atoms with van der Waals surface area (Å²) in [6, 6.07) is 14.3. The first-order valence-electron chi connectivity index (χ1n) is 20.3. The Morgan fingerprint density at radius 2 is 1.72 bits per heavy atom. The van der Waals surface area contributed by atoms with Crippen LogP contribution in [0, 0.1) is 27.7 Å². The van der Waals surface area contributed by atoms with E-state index in [4.69, 9.17) is 33.0 Å². The number of rotatable bonds is 11. The molecule has 0 saturated carbocycles. The maximum absolute atomic E-state index is 15.5. The zero-order chi connectivity index (χ0) is 40.4. The number of hydrogen-bond acceptors (Lipinski definition) is 6. The Labute approximate surface area is 348 Å². The first-order valence-corrected chi connectivity index (χ1v) is 21.0. The van der Waals surface area contributed by atoms with Crippen LogP contribution in [0.1, 0.15) is 70.8 Å². The number of amides is 1. The smallest absolute Gasteiger partial charge is 0.275 e. The molecule has 9 rings (SSSR count). The van der Waals surface area contributed by atoms with Crippen molar-refractivity contribution >= 4 is 56.6 Å². The number of aryl methyl sites for hydroxylation is 5. The molecule has 11 nitrogen and oxygen atoms in total. The number of likely N-dealkylation sites (tertiary alicyclic amines) is 1. The van der Waals surface area contributed by atoms with E-state index in [0.29, 0.717) is 42.5 Å². The first kappa shape index (κ1) is 38.4. The summed E-state index contributed by atoms with van der Waals surface area (Å²) in [7, 11) is 1.96. The van der Waals surface area contributed by atoms with Gasteiger partial charge in [-0.2, -0.15) is 10.2 Å². The molecule has 1 N–H and O–H groups in total. The van der Waals surface area contributed by atoms with E-state index in [0.717, 1.165) is 109 Å². The minimum Gasteiger partial charge on any atom is -0.494 e.